The Morgan fingerprint density at radius 2 is 1.92 bits per heavy atom. The van der Waals surface area contributed by atoms with E-state index in [0.29, 0.717) is 24.9 Å². The highest BCUT2D eigenvalue weighted by atomic mass is 16.5. The van der Waals surface area contributed by atoms with Crippen molar-refractivity contribution in [3.8, 4) is 0 Å². The molecule has 0 heterocycles. The lowest BCUT2D eigenvalue weighted by molar-refractivity contribution is -0.138. The van der Waals surface area contributed by atoms with Crippen LogP contribution in [0, 0.1) is 0 Å². The summed E-state index contributed by atoms with van der Waals surface area (Å²) in [7, 11) is 1.33. The highest BCUT2D eigenvalue weighted by Gasteiger charge is 2.13. The molecule has 132 valence electrons. The molecule has 0 amide bonds. The Morgan fingerprint density at radius 1 is 1.29 bits per heavy atom. The van der Waals surface area contributed by atoms with E-state index in [1.54, 1.807) is 36.4 Å². The number of carboxylic acid groups (broad SMARTS) is 1. The third kappa shape index (κ3) is 8.24. The van der Waals surface area contributed by atoms with E-state index in [9.17, 15) is 9.59 Å². The Bertz CT molecular complexity index is 551. The second-order valence-electron chi connectivity index (χ2n) is 4.56. The average molecular weight is 334 g/mol. The van der Waals surface area contributed by atoms with Gasteiger partial charge in [0.05, 0.1) is 12.7 Å². The van der Waals surface area contributed by atoms with Crippen LogP contribution in [0.5, 0.6) is 0 Å². The van der Waals surface area contributed by atoms with Gasteiger partial charge < -0.3 is 15.6 Å². The minimum atomic E-state index is -0.958. The van der Waals surface area contributed by atoms with Crippen molar-refractivity contribution < 1.29 is 19.4 Å². The number of hydrogen-bond donors (Lipinski definition) is 2. The largest absolute Gasteiger partial charge is 0.480 e. The minimum absolute atomic E-state index is 0.388. The Hall–Kier alpha value is -2.47. The fourth-order valence-corrected chi connectivity index (χ4v) is 1.73. The Balaban J connectivity index is 0.00000254. The van der Waals surface area contributed by atoms with Gasteiger partial charge in [0, 0.05) is 6.21 Å². The lowest BCUT2D eigenvalue weighted by atomic mass is 10.1. The zero-order valence-electron chi connectivity index (χ0n) is 14.4. The number of carboxylic acids is 1. The van der Waals surface area contributed by atoms with Gasteiger partial charge >= 0.3 is 11.9 Å². The van der Waals surface area contributed by atoms with E-state index in [0.717, 1.165) is 5.56 Å². The normalized spacial score (nSPS) is 11.8. The van der Waals surface area contributed by atoms with Gasteiger partial charge in [0.15, 0.2) is 0 Å². The number of nitrogens with zero attached hydrogens (tertiary/aromatic N) is 1. The predicted molar refractivity (Wildman–Crippen MR) is 96.4 cm³/mol. The SMILES string of the molecule is CC.COC(=O)c1ccc(/C=C/C=NC(CCCN)C(=O)O)cc1. The van der Waals surface area contributed by atoms with Crippen LogP contribution in [0.2, 0.25) is 0 Å². The van der Waals surface area contributed by atoms with E-state index in [4.69, 9.17) is 10.8 Å². The molecule has 1 unspecified atom stereocenters. The number of rotatable bonds is 8. The number of nitrogens with two attached hydrogens (primary N) is 1. The smallest absolute Gasteiger partial charge is 0.337 e. The van der Waals surface area contributed by atoms with Gasteiger partial charge in [-0.2, -0.15) is 0 Å². The van der Waals surface area contributed by atoms with Crippen molar-refractivity contribution in [3.63, 3.8) is 0 Å². The fourth-order valence-electron chi connectivity index (χ4n) is 1.73. The van der Waals surface area contributed by atoms with E-state index in [1.807, 2.05) is 13.8 Å². The van der Waals surface area contributed by atoms with E-state index in [-0.39, 0.29) is 5.97 Å². The maximum Gasteiger partial charge on any atom is 0.337 e. The molecule has 0 fully saturated rings. The first-order chi connectivity index (χ1) is 11.6. The zero-order valence-corrected chi connectivity index (χ0v) is 14.4. The number of carbonyl (C=O) groups excluding carboxylic acids is 1. The Labute approximate surface area is 143 Å². The summed E-state index contributed by atoms with van der Waals surface area (Å²) in [6.07, 6.45) is 5.93. The summed E-state index contributed by atoms with van der Waals surface area (Å²) >= 11 is 0. The number of hydrogen-bond acceptors (Lipinski definition) is 5. The first-order valence-corrected chi connectivity index (χ1v) is 7.89. The number of esters is 1. The lowest BCUT2D eigenvalue weighted by Crippen LogP contribution is -2.19. The highest BCUT2D eigenvalue weighted by molar-refractivity contribution is 5.89. The third-order valence-electron chi connectivity index (χ3n) is 2.94. The molecular formula is C18H26N2O4. The first-order valence-electron chi connectivity index (χ1n) is 7.89. The number of allylic oxidation sites excluding steroid dienone is 1. The summed E-state index contributed by atoms with van der Waals surface area (Å²) in [5.74, 6) is -1.35. The maximum absolute atomic E-state index is 11.3. The van der Waals surface area contributed by atoms with Crippen molar-refractivity contribution in [2.24, 2.45) is 10.7 Å². The van der Waals surface area contributed by atoms with E-state index < -0.39 is 12.0 Å². The average Bonchev–Trinajstić information content (AvgIpc) is 2.62. The van der Waals surface area contributed by atoms with Gasteiger partial charge in [-0.1, -0.05) is 32.1 Å². The molecule has 0 aliphatic carbocycles. The summed E-state index contributed by atoms with van der Waals surface area (Å²) in [5.41, 5.74) is 6.70. The van der Waals surface area contributed by atoms with Crippen molar-refractivity contribution >= 4 is 24.2 Å². The molecule has 0 saturated carbocycles. The Morgan fingerprint density at radius 3 is 2.42 bits per heavy atom. The second-order valence-corrected chi connectivity index (χ2v) is 4.56. The van der Waals surface area contributed by atoms with Gasteiger partial charge in [0.1, 0.15) is 6.04 Å². The fraction of sp³-hybridized carbons (Fsp3) is 0.389. The lowest BCUT2D eigenvalue weighted by Gasteiger charge is -2.04. The quantitative estimate of drug-likeness (QED) is 0.562. The third-order valence-corrected chi connectivity index (χ3v) is 2.94. The van der Waals surface area contributed by atoms with E-state index >= 15 is 0 Å². The van der Waals surface area contributed by atoms with E-state index in [2.05, 4.69) is 9.73 Å². The topological polar surface area (TPSA) is 102 Å². The molecule has 1 aromatic rings. The molecule has 0 aromatic heterocycles. The summed E-state index contributed by atoms with van der Waals surface area (Å²) in [5, 5.41) is 9.00. The second kappa shape index (κ2) is 13.0. The molecule has 24 heavy (non-hydrogen) atoms. The van der Waals surface area contributed by atoms with Gasteiger partial charge in [-0.3, -0.25) is 4.99 Å². The zero-order chi connectivity index (χ0) is 18.4. The van der Waals surface area contributed by atoms with Crippen LogP contribution in [0.1, 0.15) is 42.6 Å². The first kappa shape index (κ1) is 21.5. The predicted octanol–water partition coefficient (Wildman–Crippen LogP) is 2.78. The molecule has 6 heteroatoms. The van der Waals surface area contributed by atoms with E-state index in [1.165, 1.54) is 13.3 Å². The monoisotopic (exact) mass is 334 g/mol. The molecule has 0 aliphatic rings. The number of methoxy groups -OCH3 is 1. The molecule has 0 saturated heterocycles. The molecule has 1 atom stereocenters. The summed E-state index contributed by atoms with van der Waals surface area (Å²) < 4.78 is 4.61. The van der Waals surface area contributed by atoms with Gasteiger partial charge in [-0.25, -0.2) is 9.59 Å². The molecule has 6 nitrogen and oxygen atoms in total. The number of aliphatic carboxylic acids is 1. The van der Waals surface area contributed by atoms with Crippen LogP contribution in [0.4, 0.5) is 0 Å². The summed E-state index contributed by atoms with van der Waals surface area (Å²) in [6, 6.07) is 6.07. The number of aliphatic imine (C=N–C) groups is 1. The molecule has 1 rings (SSSR count). The highest BCUT2D eigenvalue weighted by Crippen LogP contribution is 2.07. The van der Waals surface area contributed by atoms with Crippen LogP contribution >= 0.6 is 0 Å². The van der Waals surface area contributed by atoms with Crippen LogP contribution in [0.15, 0.2) is 35.3 Å². The van der Waals surface area contributed by atoms with Crippen molar-refractivity contribution in [3.05, 3.63) is 41.5 Å². The van der Waals surface area contributed by atoms with Crippen LogP contribution in [-0.2, 0) is 9.53 Å². The molecule has 0 radical (unpaired) electrons. The van der Waals surface area contributed by atoms with Crippen LogP contribution in [0.3, 0.4) is 0 Å². The molecular weight excluding hydrogens is 308 g/mol. The van der Waals surface area contributed by atoms with Gasteiger partial charge in [0.2, 0.25) is 0 Å². The van der Waals surface area contributed by atoms with Crippen LogP contribution in [-0.4, -0.2) is 43.0 Å². The van der Waals surface area contributed by atoms with Gasteiger partial charge in [0.25, 0.3) is 0 Å². The van der Waals surface area contributed by atoms with Crippen molar-refractivity contribution in [1.82, 2.24) is 0 Å². The van der Waals surface area contributed by atoms with Gasteiger partial charge in [-0.05, 0) is 43.2 Å². The number of benzene rings is 1. The summed E-state index contributed by atoms with van der Waals surface area (Å²) in [4.78, 5) is 26.3. The number of carbonyl (C=O) groups is 2. The minimum Gasteiger partial charge on any atom is -0.480 e. The van der Waals surface area contributed by atoms with Gasteiger partial charge in [-0.15, -0.1) is 0 Å². The molecule has 1 aromatic carbocycles. The maximum atomic E-state index is 11.3. The molecule has 0 spiro atoms. The molecule has 0 aliphatic heterocycles. The summed E-state index contributed by atoms with van der Waals surface area (Å²) in [6.45, 7) is 4.45. The van der Waals surface area contributed by atoms with Crippen LogP contribution in [0.25, 0.3) is 6.08 Å². The molecule has 3 N–H and O–H groups in total. The standard InChI is InChI=1S/C16H20N2O4.C2H6/c1-22-16(21)13-8-6-12(7-9-13)4-3-11-18-14(15(19)20)5-2-10-17;1-2/h3-4,6-9,11,14H,2,5,10,17H2,1H3,(H,19,20);1-2H3/b4-3+,18-11?;. The van der Waals surface area contributed by atoms with Crippen molar-refractivity contribution in [2.45, 2.75) is 32.7 Å². The number of ether oxygens (including phenoxy) is 1. The Kier molecular flexibility index (Phi) is 11.7. The van der Waals surface area contributed by atoms with Crippen molar-refractivity contribution in [2.75, 3.05) is 13.7 Å². The molecule has 0 bridgehead atoms. The van der Waals surface area contributed by atoms with Crippen molar-refractivity contribution in [1.29, 1.82) is 0 Å². The van der Waals surface area contributed by atoms with Crippen LogP contribution < -0.4 is 5.73 Å².